The predicted molar refractivity (Wildman–Crippen MR) is 73.2 cm³/mol. The maximum atomic E-state index is 13.6. The van der Waals surface area contributed by atoms with Crippen LogP contribution in [0.1, 0.15) is 0 Å². The van der Waals surface area contributed by atoms with Crippen LogP contribution in [0.15, 0.2) is 29.2 Å². The van der Waals surface area contributed by atoms with E-state index < -0.39 is 34.5 Å². The highest BCUT2D eigenvalue weighted by Crippen LogP contribution is 2.29. The fraction of sp³-hybridized carbons (Fsp3) is 0. The minimum absolute atomic E-state index is 0.0910. The van der Waals surface area contributed by atoms with Gasteiger partial charge in [-0.15, -0.1) is 0 Å². The number of pyridine rings is 1. The lowest BCUT2D eigenvalue weighted by Gasteiger charge is -2.08. The van der Waals surface area contributed by atoms with Gasteiger partial charge in [0.15, 0.2) is 28.4 Å². The van der Waals surface area contributed by atoms with Gasteiger partial charge >= 0.3 is 0 Å². The Labute approximate surface area is 124 Å². The summed E-state index contributed by atoms with van der Waals surface area (Å²) in [4.78, 5) is 19.5. The Morgan fingerprint density at radius 1 is 1.09 bits per heavy atom. The van der Waals surface area contributed by atoms with E-state index in [1.54, 1.807) is 0 Å². The molecule has 0 saturated heterocycles. The molecule has 9 heteroatoms. The van der Waals surface area contributed by atoms with Gasteiger partial charge in [-0.05, 0) is 12.1 Å². The normalized spacial score (nSPS) is 10.9. The zero-order valence-electron chi connectivity index (χ0n) is 10.5. The van der Waals surface area contributed by atoms with E-state index in [1.807, 2.05) is 0 Å². The van der Waals surface area contributed by atoms with Gasteiger partial charge in [0, 0.05) is 12.3 Å². The smallest absolute Gasteiger partial charge is 0.282 e. The molecule has 0 aliphatic heterocycles. The number of nitrogens with zero attached hydrogens (tertiary/aromatic N) is 2. The molecular formula is C13H5F4N3OS. The first kappa shape index (κ1) is 14.4. The third-order valence-corrected chi connectivity index (χ3v) is 3.65. The van der Waals surface area contributed by atoms with Crippen molar-refractivity contribution >= 4 is 32.4 Å². The van der Waals surface area contributed by atoms with Crippen LogP contribution >= 0.6 is 11.3 Å². The van der Waals surface area contributed by atoms with E-state index in [1.165, 1.54) is 18.3 Å². The summed E-state index contributed by atoms with van der Waals surface area (Å²) in [5.74, 6) is -6.34. The third-order valence-electron chi connectivity index (χ3n) is 2.74. The van der Waals surface area contributed by atoms with Gasteiger partial charge in [0.2, 0.25) is 0 Å². The van der Waals surface area contributed by atoms with E-state index in [-0.39, 0.29) is 21.4 Å². The number of halogens is 4. The average Bonchev–Trinajstić information content (AvgIpc) is 2.50. The second-order valence-electron chi connectivity index (χ2n) is 4.15. The highest BCUT2D eigenvalue weighted by atomic mass is 32.1. The molecular weight excluding hydrogens is 322 g/mol. The van der Waals surface area contributed by atoms with Crippen molar-refractivity contribution in [2.75, 3.05) is 5.32 Å². The van der Waals surface area contributed by atoms with Gasteiger partial charge in [-0.25, -0.2) is 22.5 Å². The van der Waals surface area contributed by atoms with Crippen LogP contribution in [-0.4, -0.2) is 9.97 Å². The second-order valence-corrected chi connectivity index (χ2v) is 5.13. The Morgan fingerprint density at radius 2 is 1.77 bits per heavy atom. The first-order valence-electron chi connectivity index (χ1n) is 5.83. The fourth-order valence-electron chi connectivity index (χ4n) is 1.75. The molecule has 1 N–H and O–H groups in total. The van der Waals surface area contributed by atoms with E-state index in [4.69, 9.17) is 0 Å². The third kappa shape index (κ3) is 2.39. The fourth-order valence-corrected chi connectivity index (χ4v) is 2.59. The molecule has 0 radical (unpaired) electrons. The maximum Gasteiger partial charge on any atom is 0.282 e. The van der Waals surface area contributed by atoms with Crippen molar-refractivity contribution < 1.29 is 17.6 Å². The summed E-state index contributed by atoms with van der Waals surface area (Å²) in [7, 11) is 0. The number of hydrogen-bond donors (Lipinski definition) is 1. The van der Waals surface area contributed by atoms with E-state index in [0.29, 0.717) is 0 Å². The van der Waals surface area contributed by atoms with E-state index in [9.17, 15) is 22.4 Å². The van der Waals surface area contributed by atoms with Gasteiger partial charge in [-0.2, -0.15) is 4.98 Å². The highest BCUT2D eigenvalue weighted by Gasteiger charge is 2.20. The number of hydrogen-bond acceptors (Lipinski definition) is 5. The molecule has 0 aliphatic carbocycles. The summed E-state index contributed by atoms with van der Waals surface area (Å²) in [6.07, 6.45) is 1.42. The van der Waals surface area contributed by atoms with Gasteiger partial charge < -0.3 is 5.32 Å². The number of anilines is 2. The molecule has 0 unspecified atom stereocenters. The first-order valence-corrected chi connectivity index (χ1v) is 6.65. The van der Waals surface area contributed by atoms with Crippen LogP contribution in [-0.2, 0) is 0 Å². The molecule has 0 spiro atoms. The standard InChI is InChI=1S/C13H5F4N3OS/c14-6-4-7(15)9(17)10(8(6)16)19-13-20-11(21)5-2-1-3-18-12(5)22-13/h1-4H,(H,19,20,21). The van der Waals surface area contributed by atoms with Crippen molar-refractivity contribution in [3.05, 3.63) is 58.0 Å². The molecule has 0 fully saturated rings. The number of nitrogens with one attached hydrogen (secondary N) is 1. The summed E-state index contributed by atoms with van der Waals surface area (Å²) >= 11 is 0.813. The van der Waals surface area contributed by atoms with Crippen LogP contribution in [0.5, 0.6) is 0 Å². The van der Waals surface area contributed by atoms with E-state index in [0.717, 1.165) is 11.3 Å². The second kappa shape index (κ2) is 5.34. The van der Waals surface area contributed by atoms with Crippen molar-refractivity contribution in [3.63, 3.8) is 0 Å². The Hall–Kier alpha value is -2.55. The molecule has 0 bridgehead atoms. The highest BCUT2D eigenvalue weighted by molar-refractivity contribution is 7.21. The summed E-state index contributed by atoms with van der Waals surface area (Å²) < 4.78 is 53.4. The largest absolute Gasteiger partial charge is 0.326 e. The Morgan fingerprint density at radius 3 is 2.45 bits per heavy atom. The minimum Gasteiger partial charge on any atom is -0.326 e. The Kier molecular flexibility index (Phi) is 3.49. The van der Waals surface area contributed by atoms with Crippen LogP contribution in [0, 0.1) is 23.3 Å². The number of benzene rings is 1. The van der Waals surface area contributed by atoms with Crippen LogP contribution in [0.2, 0.25) is 0 Å². The monoisotopic (exact) mass is 327 g/mol. The van der Waals surface area contributed by atoms with Crippen molar-refractivity contribution in [1.29, 1.82) is 0 Å². The lowest BCUT2D eigenvalue weighted by atomic mass is 10.2. The van der Waals surface area contributed by atoms with Crippen LogP contribution in [0.3, 0.4) is 0 Å². The van der Waals surface area contributed by atoms with Crippen LogP contribution in [0.4, 0.5) is 28.4 Å². The first-order chi connectivity index (χ1) is 10.5. The molecule has 3 aromatic rings. The average molecular weight is 327 g/mol. The molecule has 22 heavy (non-hydrogen) atoms. The predicted octanol–water partition coefficient (Wildman–Crippen LogP) is 3.35. The molecule has 1 aromatic carbocycles. The van der Waals surface area contributed by atoms with Gasteiger partial charge in [-0.3, -0.25) is 4.79 Å². The van der Waals surface area contributed by atoms with Crippen LogP contribution < -0.4 is 10.9 Å². The molecule has 0 saturated carbocycles. The molecule has 0 atom stereocenters. The number of fused-ring (bicyclic) bond motifs is 1. The molecule has 112 valence electrons. The number of aromatic nitrogens is 2. The quantitative estimate of drug-likeness (QED) is 0.579. The van der Waals surface area contributed by atoms with Gasteiger partial charge in [0.05, 0.1) is 5.39 Å². The van der Waals surface area contributed by atoms with Crippen molar-refractivity contribution in [1.82, 2.24) is 9.97 Å². The lowest BCUT2D eigenvalue weighted by Crippen LogP contribution is -2.10. The SMILES string of the molecule is O=c1nc(Nc2c(F)c(F)cc(F)c2F)sc2ncccc12. The number of rotatable bonds is 2. The van der Waals surface area contributed by atoms with Gasteiger partial charge in [0.1, 0.15) is 10.5 Å². The summed E-state index contributed by atoms with van der Waals surface area (Å²) in [5.41, 5.74) is -1.74. The molecule has 0 aliphatic rings. The summed E-state index contributed by atoms with van der Waals surface area (Å²) in [6, 6.07) is 3.11. The minimum atomic E-state index is -1.61. The van der Waals surface area contributed by atoms with E-state index >= 15 is 0 Å². The molecule has 3 rings (SSSR count). The van der Waals surface area contributed by atoms with E-state index in [2.05, 4.69) is 15.3 Å². The summed E-state index contributed by atoms with van der Waals surface area (Å²) in [5, 5.41) is 2.08. The topological polar surface area (TPSA) is 54.9 Å². The van der Waals surface area contributed by atoms with Crippen molar-refractivity contribution in [2.45, 2.75) is 0 Å². The molecule has 2 aromatic heterocycles. The van der Waals surface area contributed by atoms with Gasteiger partial charge in [-0.1, -0.05) is 11.3 Å². The van der Waals surface area contributed by atoms with Crippen LogP contribution in [0.25, 0.3) is 10.2 Å². The molecule has 4 nitrogen and oxygen atoms in total. The summed E-state index contributed by atoms with van der Waals surface area (Å²) in [6.45, 7) is 0. The Bertz CT molecular complexity index is 918. The molecule has 2 heterocycles. The zero-order chi connectivity index (χ0) is 15.9. The zero-order valence-corrected chi connectivity index (χ0v) is 11.3. The van der Waals surface area contributed by atoms with Crippen molar-refractivity contribution in [2.24, 2.45) is 0 Å². The maximum absolute atomic E-state index is 13.6. The lowest BCUT2D eigenvalue weighted by molar-refractivity contribution is 0.459. The van der Waals surface area contributed by atoms with Gasteiger partial charge in [0.25, 0.3) is 5.56 Å². The van der Waals surface area contributed by atoms with Crippen molar-refractivity contribution in [3.8, 4) is 0 Å². The molecule has 0 amide bonds. The Balaban J connectivity index is 2.13.